The highest BCUT2D eigenvalue weighted by Gasteiger charge is 2.13. The smallest absolute Gasteiger partial charge is 0.0388 e. The molecule has 0 bridgehead atoms. The van der Waals surface area contributed by atoms with Crippen molar-refractivity contribution in [1.29, 1.82) is 0 Å². The summed E-state index contributed by atoms with van der Waals surface area (Å²) in [5.41, 5.74) is 9.14. The molecule has 0 heterocycles. The van der Waals surface area contributed by atoms with Gasteiger partial charge in [-0.2, -0.15) is 0 Å². The number of anilines is 2. The first-order valence-electron chi connectivity index (χ1n) is 6.23. The summed E-state index contributed by atoms with van der Waals surface area (Å²) in [5, 5.41) is 0. The van der Waals surface area contributed by atoms with E-state index in [4.69, 9.17) is 5.73 Å². The van der Waals surface area contributed by atoms with E-state index in [-0.39, 0.29) is 0 Å². The molecule has 0 saturated carbocycles. The van der Waals surface area contributed by atoms with E-state index >= 15 is 0 Å². The quantitative estimate of drug-likeness (QED) is 0.795. The van der Waals surface area contributed by atoms with Gasteiger partial charge in [0.05, 0.1) is 0 Å². The zero-order chi connectivity index (χ0) is 13.0. The lowest BCUT2D eigenvalue weighted by molar-refractivity contribution is 0.373. The summed E-state index contributed by atoms with van der Waals surface area (Å²) >= 11 is 0. The number of nitrogens with two attached hydrogens (primary N) is 1. The lowest BCUT2D eigenvalue weighted by Crippen LogP contribution is -2.40. The van der Waals surface area contributed by atoms with Gasteiger partial charge in [0.25, 0.3) is 0 Å². The van der Waals surface area contributed by atoms with Gasteiger partial charge in [0, 0.05) is 30.5 Å². The van der Waals surface area contributed by atoms with Crippen LogP contribution in [0, 0.1) is 6.92 Å². The fraction of sp³-hybridized carbons (Fsp3) is 0.571. The molecule has 0 aliphatic carbocycles. The Morgan fingerprint density at radius 3 is 2.41 bits per heavy atom. The van der Waals surface area contributed by atoms with Crippen molar-refractivity contribution in [3.63, 3.8) is 0 Å². The Morgan fingerprint density at radius 1 is 1.29 bits per heavy atom. The molecule has 3 nitrogen and oxygen atoms in total. The van der Waals surface area contributed by atoms with Gasteiger partial charge in [-0.05, 0) is 58.6 Å². The van der Waals surface area contributed by atoms with Crippen LogP contribution < -0.4 is 10.6 Å². The summed E-state index contributed by atoms with van der Waals surface area (Å²) < 4.78 is 0. The van der Waals surface area contributed by atoms with Gasteiger partial charge >= 0.3 is 0 Å². The molecule has 1 aromatic rings. The Balaban J connectivity index is 2.89. The van der Waals surface area contributed by atoms with Crippen molar-refractivity contribution < 1.29 is 0 Å². The molecular formula is C14H25N3. The largest absolute Gasteiger partial charge is 0.399 e. The number of hydrogen-bond acceptors (Lipinski definition) is 3. The van der Waals surface area contributed by atoms with Gasteiger partial charge in [-0.25, -0.2) is 0 Å². The monoisotopic (exact) mass is 235 g/mol. The van der Waals surface area contributed by atoms with E-state index in [1.807, 2.05) is 6.07 Å². The highest BCUT2D eigenvalue weighted by atomic mass is 15.2. The number of hydrogen-bond donors (Lipinski definition) is 1. The first-order chi connectivity index (χ1) is 7.95. The number of benzene rings is 1. The zero-order valence-electron chi connectivity index (χ0n) is 11.7. The minimum absolute atomic E-state index is 0.498. The molecule has 1 unspecified atom stereocenters. The van der Waals surface area contributed by atoms with Crippen LogP contribution in [0.2, 0.25) is 0 Å². The van der Waals surface area contributed by atoms with E-state index in [0.717, 1.165) is 24.3 Å². The van der Waals surface area contributed by atoms with Crippen LogP contribution >= 0.6 is 0 Å². The standard InChI is InChI=1S/C14H25N3/c1-6-17(12(3)10-16(4)5)13-7-8-14(15)11(2)9-13/h7-9,12H,6,10,15H2,1-5H3. The third kappa shape index (κ3) is 3.63. The average molecular weight is 235 g/mol. The summed E-state index contributed by atoms with van der Waals surface area (Å²) in [7, 11) is 4.22. The Kier molecular flexibility index (Phi) is 4.82. The van der Waals surface area contributed by atoms with Crippen LogP contribution in [0.5, 0.6) is 0 Å². The molecule has 0 radical (unpaired) electrons. The third-order valence-electron chi connectivity index (χ3n) is 3.09. The van der Waals surface area contributed by atoms with E-state index in [0.29, 0.717) is 6.04 Å². The second-order valence-electron chi connectivity index (χ2n) is 4.94. The molecule has 0 fully saturated rings. The van der Waals surface area contributed by atoms with Crippen LogP contribution in [0.25, 0.3) is 0 Å². The summed E-state index contributed by atoms with van der Waals surface area (Å²) in [6, 6.07) is 6.77. The zero-order valence-corrected chi connectivity index (χ0v) is 11.7. The molecule has 0 spiro atoms. The van der Waals surface area contributed by atoms with Gasteiger partial charge in [0.15, 0.2) is 0 Å². The maximum Gasteiger partial charge on any atom is 0.0388 e. The SMILES string of the molecule is CCN(c1ccc(N)c(C)c1)C(C)CN(C)C. The van der Waals surface area contributed by atoms with Crippen LogP contribution in [0.3, 0.4) is 0 Å². The second kappa shape index (κ2) is 5.92. The van der Waals surface area contributed by atoms with Gasteiger partial charge in [-0.15, -0.1) is 0 Å². The number of nitrogens with zero attached hydrogens (tertiary/aromatic N) is 2. The van der Waals surface area contributed by atoms with Gasteiger partial charge in [0.1, 0.15) is 0 Å². The maximum absolute atomic E-state index is 5.86. The Labute approximate surface area is 105 Å². The van der Waals surface area contributed by atoms with Crippen LogP contribution in [0.1, 0.15) is 19.4 Å². The molecule has 2 N–H and O–H groups in total. The number of aryl methyl sites for hydroxylation is 1. The molecule has 0 aromatic heterocycles. The van der Waals surface area contributed by atoms with E-state index in [1.165, 1.54) is 5.69 Å². The average Bonchev–Trinajstić information content (AvgIpc) is 2.23. The van der Waals surface area contributed by atoms with Gasteiger partial charge in [-0.3, -0.25) is 0 Å². The lowest BCUT2D eigenvalue weighted by Gasteiger charge is -2.32. The van der Waals surface area contributed by atoms with Crippen molar-refractivity contribution >= 4 is 11.4 Å². The Morgan fingerprint density at radius 2 is 1.94 bits per heavy atom. The Bertz CT molecular complexity index is 360. The van der Waals surface area contributed by atoms with Crippen LogP contribution in [-0.2, 0) is 0 Å². The molecule has 1 rings (SSSR count). The summed E-state index contributed by atoms with van der Waals surface area (Å²) in [4.78, 5) is 4.63. The molecule has 1 aromatic carbocycles. The molecule has 96 valence electrons. The van der Waals surface area contributed by atoms with Crippen molar-refractivity contribution in [3.05, 3.63) is 23.8 Å². The predicted octanol–water partition coefficient (Wildman–Crippen LogP) is 2.35. The second-order valence-corrected chi connectivity index (χ2v) is 4.94. The molecule has 3 heteroatoms. The molecule has 0 saturated heterocycles. The molecule has 17 heavy (non-hydrogen) atoms. The highest BCUT2D eigenvalue weighted by molar-refractivity contribution is 5.58. The highest BCUT2D eigenvalue weighted by Crippen LogP contribution is 2.22. The molecular weight excluding hydrogens is 210 g/mol. The third-order valence-corrected chi connectivity index (χ3v) is 3.09. The maximum atomic E-state index is 5.86. The van der Waals surface area contributed by atoms with E-state index in [1.54, 1.807) is 0 Å². The van der Waals surface area contributed by atoms with Gasteiger partial charge in [0.2, 0.25) is 0 Å². The van der Waals surface area contributed by atoms with Crippen molar-refractivity contribution in [2.45, 2.75) is 26.8 Å². The Hall–Kier alpha value is -1.22. The van der Waals surface area contributed by atoms with E-state index in [2.05, 4.69) is 56.8 Å². The van der Waals surface area contributed by atoms with Crippen molar-refractivity contribution in [3.8, 4) is 0 Å². The van der Waals surface area contributed by atoms with Crippen molar-refractivity contribution in [2.24, 2.45) is 0 Å². The summed E-state index contributed by atoms with van der Waals surface area (Å²) in [6.45, 7) is 8.58. The molecule has 0 aliphatic rings. The molecule has 0 amide bonds. The van der Waals surface area contributed by atoms with Crippen molar-refractivity contribution in [2.75, 3.05) is 37.8 Å². The van der Waals surface area contributed by atoms with E-state index < -0.39 is 0 Å². The first-order valence-corrected chi connectivity index (χ1v) is 6.23. The van der Waals surface area contributed by atoms with Crippen molar-refractivity contribution in [1.82, 2.24) is 4.90 Å². The summed E-state index contributed by atoms with van der Waals surface area (Å²) in [5.74, 6) is 0. The molecule has 0 aliphatic heterocycles. The van der Waals surface area contributed by atoms with Gasteiger partial charge < -0.3 is 15.5 Å². The van der Waals surface area contributed by atoms with Crippen LogP contribution in [-0.4, -0.2) is 38.1 Å². The predicted molar refractivity (Wildman–Crippen MR) is 76.6 cm³/mol. The minimum atomic E-state index is 0.498. The fourth-order valence-electron chi connectivity index (χ4n) is 2.21. The van der Waals surface area contributed by atoms with Crippen LogP contribution in [0.4, 0.5) is 11.4 Å². The van der Waals surface area contributed by atoms with E-state index in [9.17, 15) is 0 Å². The summed E-state index contributed by atoms with van der Waals surface area (Å²) in [6.07, 6.45) is 0. The number of likely N-dealkylation sites (N-methyl/N-ethyl adjacent to an activating group) is 2. The number of nitrogen functional groups attached to an aromatic ring is 1. The number of rotatable bonds is 5. The molecule has 1 atom stereocenters. The van der Waals surface area contributed by atoms with Gasteiger partial charge in [-0.1, -0.05) is 0 Å². The fourth-order valence-corrected chi connectivity index (χ4v) is 2.21. The topological polar surface area (TPSA) is 32.5 Å². The van der Waals surface area contributed by atoms with Crippen LogP contribution in [0.15, 0.2) is 18.2 Å². The normalized spacial score (nSPS) is 12.8. The first kappa shape index (κ1) is 13.8. The lowest BCUT2D eigenvalue weighted by atomic mass is 10.1. The minimum Gasteiger partial charge on any atom is -0.399 e.